The van der Waals surface area contributed by atoms with Crippen molar-refractivity contribution in [1.29, 1.82) is 0 Å². The Morgan fingerprint density at radius 2 is 1.57 bits per heavy atom. The van der Waals surface area contributed by atoms with Crippen molar-refractivity contribution in [3.05, 3.63) is 52.0 Å². The van der Waals surface area contributed by atoms with Crippen LogP contribution in [-0.2, 0) is 4.79 Å². The third kappa shape index (κ3) is 7.90. The van der Waals surface area contributed by atoms with Crippen LogP contribution in [0.15, 0.2) is 36.4 Å². The fourth-order valence-electron chi connectivity index (χ4n) is 5.20. The fourth-order valence-corrected chi connectivity index (χ4v) is 5.62. The van der Waals surface area contributed by atoms with E-state index in [0.717, 1.165) is 76.7 Å². The average Bonchev–Trinajstić information content (AvgIpc) is 2.86. The van der Waals surface area contributed by atoms with Gasteiger partial charge in [-0.1, -0.05) is 29.3 Å². The number of halogens is 3. The van der Waals surface area contributed by atoms with Crippen molar-refractivity contribution in [3.8, 4) is 0 Å². The molecular formula is C28H40Cl3N5O. The molecule has 2 aliphatic rings. The standard InChI is InChI=1S/C28H39Cl2N5O.ClH/c1-21(2)33-16-18-34(19-17-33)25-10-9-23(20-22(25)3)31-27(36)8-5-11-32-12-14-35(15-13-32)26-7-4-6-24(29)28(26)30;/h4,6-7,9-10,20-21H,5,8,11-19H2,1-3H3,(H,31,36);1H. The average molecular weight is 569 g/mol. The van der Waals surface area contributed by atoms with Crippen LogP contribution in [0.4, 0.5) is 17.1 Å². The van der Waals surface area contributed by atoms with Gasteiger partial charge in [0.15, 0.2) is 0 Å². The van der Waals surface area contributed by atoms with Crippen LogP contribution in [0, 0.1) is 6.92 Å². The van der Waals surface area contributed by atoms with Crippen LogP contribution < -0.4 is 15.1 Å². The molecule has 4 rings (SSSR count). The normalized spacial score (nSPS) is 17.1. The smallest absolute Gasteiger partial charge is 0.224 e. The van der Waals surface area contributed by atoms with Crippen LogP contribution in [-0.4, -0.2) is 80.7 Å². The third-order valence-electron chi connectivity index (χ3n) is 7.39. The first-order chi connectivity index (χ1) is 17.3. The van der Waals surface area contributed by atoms with Crippen molar-refractivity contribution < 1.29 is 4.79 Å². The van der Waals surface area contributed by atoms with Gasteiger partial charge in [-0.25, -0.2) is 0 Å². The minimum absolute atomic E-state index is 0. The highest BCUT2D eigenvalue weighted by Gasteiger charge is 2.21. The lowest BCUT2D eigenvalue weighted by Crippen LogP contribution is -2.49. The van der Waals surface area contributed by atoms with Gasteiger partial charge in [0.1, 0.15) is 0 Å². The Hall–Kier alpha value is -1.70. The second-order valence-electron chi connectivity index (χ2n) is 10.2. The van der Waals surface area contributed by atoms with Crippen molar-refractivity contribution in [1.82, 2.24) is 9.80 Å². The van der Waals surface area contributed by atoms with Crippen molar-refractivity contribution in [2.45, 2.75) is 39.7 Å². The Bertz CT molecular complexity index is 1030. The fraction of sp³-hybridized carbons (Fsp3) is 0.536. The SMILES string of the molecule is Cc1cc(NC(=O)CCCN2CCN(c3cccc(Cl)c3Cl)CC2)ccc1N1CCN(C(C)C)CC1.Cl. The maximum Gasteiger partial charge on any atom is 0.224 e. The second-order valence-corrected chi connectivity index (χ2v) is 11.0. The molecule has 204 valence electrons. The van der Waals surface area contributed by atoms with E-state index in [1.54, 1.807) is 0 Å². The molecule has 0 bridgehead atoms. The molecule has 6 nitrogen and oxygen atoms in total. The molecule has 2 fully saturated rings. The number of nitrogens with zero attached hydrogens (tertiary/aromatic N) is 4. The van der Waals surface area contributed by atoms with E-state index in [4.69, 9.17) is 23.2 Å². The van der Waals surface area contributed by atoms with Crippen LogP contribution in [0.3, 0.4) is 0 Å². The summed E-state index contributed by atoms with van der Waals surface area (Å²) in [5, 5.41) is 4.31. The monoisotopic (exact) mass is 567 g/mol. The molecule has 2 saturated heterocycles. The van der Waals surface area contributed by atoms with Gasteiger partial charge in [-0.3, -0.25) is 14.6 Å². The Morgan fingerprint density at radius 3 is 2.22 bits per heavy atom. The molecule has 2 heterocycles. The number of hydrogen-bond acceptors (Lipinski definition) is 5. The van der Waals surface area contributed by atoms with Gasteiger partial charge in [0, 0.05) is 76.2 Å². The van der Waals surface area contributed by atoms with Gasteiger partial charge < -0.3 is 15.1 Å². The first-order valence-electron chi connectivity index (χ1n) is 13.1. The number of nitrogens with one attached hydrogen (secondary N) is 1. The molecule has 1 N–H and O–H groups in total. The van der Waals surface area contributed by atoms with Gasteiger partial charge in [0.05, 0.1) is 15.7 Å². The summed E-state index contributed by atoms with van der Waals surface area (Å²) < 4.78 is 0. The highest BCUT2D eigenvalue weighted by atomic mass is 35.5. The van der Waals surface area contributed by atoms with E-state index in [1.807, 2.05) is 24.3 Å². The van der Waals surface area contributed by atoms with Crippen molar-refractivity contribution in [2.75, 3.05) is 74.0 Å². The van der Waals surface area contributed by atoms with Crippen LogP contribution in [0.2, 0.25) is 10.0 Å². The molecule has 0 spiro atoms. The van der Waals surface area contributed by atoms with Crippen LogP contribution in [0.25, 0.3) is 0 Å². The minimum Gasteiger partial charge on any atom is -0.369 e. The molecule has 0 radical (unpaired) electrons. The zero-order chi connectivity index (χ0) is 25.7. The third-order valence-corrected chi connectivity index (χ3v) is 8.20. The number of piperazine rings is 2. The van der Waals surface area contributed by atoms with Crippen LogP contribution in [0.5, 0.6) is 0 Å². The van der Waals surface area contributed by atoms with Crippen molar-refractivity contribution >= 4 is 58.6 Å². The number of benzene rings is 2. The van der Waals surface area contributed by atoms with Crippen molar-refractivity contribution in [2.24, 2.45) is 0 Å². The Balaban J connectivity index is 0.00000380. The highest BCUT2D eigenvalue weighted by molar-refractivity contribution is 6.43. The van der Waals surface area contributed by atoms with Gasteiger partial charge in [-0.15, -0.1) is 12.4 Å². The topological polar surface area (TPSA) is 42.1 Å². The van der Waals surface area contributed by atoms with E-state index < -0.39 is 0 Å². The van der Waals surface area contributed by atoms with E-state index in [9.17, 15) is 4.79 Å². The number of carbonyl (C=O) groups is 1. The molecule has 2 aromatic carbocycles. The van der Waals surface area contributed by atoms with E-state index >= 15 is 0 Å². The Labute approximate surface area is 238 Å². The number of anilines is 3. The first kappa shape index (κ1) is 29.9. The summed E-state index contributed by atoms with van der Waals surface area (Å²) in [7, 11) is 0. The largest absolute Gasteiger partial charge is 0.369 e. The summed E-state index contributed by atoms with van der Waals surface area (Å²) in [5.41, 5.74) is 4.37. The maximum absolute atomic E-state index is 12.6. The highest BCUT2D eigenvalue weighted by Crippen LogP contribution is 2.33. The molecule has 0 aliphatic carbocycles. The molecule has 0 atom stereocenters. The number of aryl methyl sites for hydroxylation is 1. The van der Waals surface area contributed by atoms with Crippen LogP contribution in [0.1, 0.15) is 32.3 Å². The summed E-state index contributed by atoms with van der Waals surface area (Å²) >= 11 is 12.6. The molecule has 2 aliphatic heterocycles. The van der Waals surface area contributed by atoms with E-state index in [1.165, 1.54) is 11.3 Å². The lowest BCUT2D eigenvalue weighted by molar-refractivity contribution is -0.116. The molecule has 9 heteroatoms. The molecule has 0 aromatic heterocycles. The van der Waals surface area contributed by atoms with E-state index in [-0.39, 0.29) is 18.3 Å². The van der Waals surface area contributed by atoms with Crippen molar-refractivity contribution in [3.63, 3.8) is 0 Å². The molecule has 1 amide bonds. The Morgan fingerprint density at radius 1 is 0.919 bits per heavy atom. The van der Waals surface area contributed by atoms with Gasteiger partial charge >= 0.3 is 0 Å². The predicted octanol–water partition coefficient (Wildman–Crippen LogP) is 5.79. The first-order valence-corrected chi connectivity index (χ1v) is 13.9. The van der Waals surface area contributed by atoms with Gasteiger partial charge in [0.2, 0.25) is 5.91 Å². The zero-order valence-electron chi connectivity index (χ0n) is 22.2. The lowest BCUT2D eigenvalue weighted by atomic mass is 10.1. The predicted molar refractivity (Wildman–Crippen MR) is 160 cm³/mol. The number of amides is 1. The molecule has 37 heavy (non-hydrogen) atoms. The van der Waals surface area contributed by atoms with Gasteiger partial charge in [-0.2, -0.15) is 0 Å². The second kappa shape index (κ2) is 13.9. The van der Waals surface area contributed by atoms with E-state index in [2.05, 4.69) is 57.8 Å². The molecular weight excluding hydrogens is 529 g/mol. The van der Waals surface area contributed by atoms with Gasteiger partial charge in [0.25, 0.3) is 0 Å². The Kier molecular flexibility index (Phi) is 11.2. The molecule has 2 aromatic rings. The number of rotatable bonds is 8. The van der Waals surface area contributed by atoms with Crippen LogP contribution >= 0.6 is 35.6 Å². The summed E-state index contributed by atoms with van der Waals surface area (Å²) in [4.78, 5) is 22.3. The van der Waals surface area contributed by atoms with E-state index in [0.29, 0.717) is 22.5 Å². The summed E-state index contributed by atoms with van der Waals surface area (Å²) in [6.07, 6.45) is 1.37. The quantitative estimate of drug-likeness (QED) is 0.436. The number of carbonyl (C=O) groups excluding carboxylic acids is 1. The lowest BCUT2D eigenvalue weighted by Gasteiger charge is -2.38. The summed E-state index contributed by atoms with van der Waals surface area (Å²) in [6.45, 7) is 15.6. The maximum atomic E-state index is 12.6. The minimum atomic E-state index is 0. The summed E-state index contributed by atoms with van der Waals surface area (Å²) in [5.74, 6) is 0.0806. The summed E-state index contributed by atoms with van der Waals surface area (Å²) in [6, 6.07) is 12.7. The van der Waals surface area contributed by atoms with Gasteiger partial charge in [-0.05, 0) is 69.6 Å². The molecule has 0 unspecified atom stereocenters. The number of hydrogen-bond donors (Lipinski definition) is 1. The molecule has 0 saturated carbocycles. The zero-order valence-corrected chi connectivity index (χ0v) is 24.5.